The van der Waals surface area contributed by atoms with Gasteiger partial charge >= 0.3 is 6.09 Å². The minimum atomic E-state index is -1.12. The molecule has 1 atom stereocenters. The number of piperidine rings is 1. The van der Waals surface area contributed by atoms with E-state index in [2.05, 4.69) is 39.8 Å². The SMILES string of the molecule is O=C(O)NC(C(=O)N1CCNCC1)C1CCN(CCc2ccccc2)CC1. The number of carbonyl (C=O) groups excluding carboxylic acids is 1. The van der Waals surface area contributed by atoms with Gasteiger partial charge in [-0.05, 0) is 43.8 Å². The number of hydrogen-bond acceptors (Lipinski definition) is 4. The van der Waals surface area contributed by atoms with Crippen molar-refractivity contribution in [1.29, 1.82) is 0 Å². The first kappa shape index (κ1) is 19.6. The van der Waals surface area contributed by atoms with Gasteiger partial charge in [-0.25, -0.2) is 4.79 Å². The number of amides is 2. The number of rotatable bonds is 6. The molecule has 0 spiro atoms. The molecule has 148 valence electrons. The molecule has 2 amide bonds. The van der Waals surface area contributed by atoms with Crippen LogP contribution >= 0.6 is 0 Å². The molecule has 0 radical (unpaired) electrons. The molecule has 2 aliphatic heterocycles. The Morgan fingerprint density at radius 2 is 1.78 bits per heavy atom. The van der Waals surface area contributed by atoms with Crippen LogP contribution in [0.2, 0.25) is 0 Å². The summed E-state index contributed by atoms with van der Waals surface area (Å²) in [5, 5.41) is 15.0. The Balaban J connectivity index is 1.52. The zero-order chi connectivity index (χ0) is 19.1. The maximum Gasteiger partial charge on any atom is 0.405 e. The molecule has 1 aromatic rings. The fraction of sp³-hybridized carbons (Fsp3) is 0.600. The van der Waals surface area contributed by atoms with Gasteiger partial charge in [-0.3, -0.25) is 4.79 Å². The largest absolute Gasteiger partial charge is 0.465 e. The van der Waals surface area contributed by atoms with Crippen LogP contribution in [-0.2, 0) is 11.2 Å². The minimum absolute atomic E-state index is 0.0662. The van der Waals surface area contributed by atoms with Crippen molar-refractivity contribution in [2.24, 2.45) is 5.92 Å². The summed E-state index contributed by atoms with van der Waals surface area (Å²) in [5.74, 6) is -0.00176. The van der Waals surface area contributed by atoms with E-state index in [0.29, 0.717) is 13.1 Å². The number of benzene rings is 1. The van der Waals surface area contributed by atoms with Crippen LogP contribution in [0.3, 0.4) is 0 Å². The number of nitrogens with zero attached hydrogens (tertiary/aromatic N) is 2. The lowest BCUT2D eigenvalue weighted by Gasteiger charge is -2.38. The average Bonchev–Trinajstić information content (AvgIpc) is 2.72. The van der Waals surface area contributed by atoms with Gasteiger partial charge in [0.2, 0.25) is 5.91 Å². The third-order valence-electron chi connectivity index (χ3n) is 5.64. The quantitative estimate of drug-likeness (QED) is 0.692. The first-order valence-corrected chi connectivity index (χ1v) is 9.89. The Morgan fingerprint density at radius 3 is 2.41 bits per heavy atom. The second-order valence-corrected chi connectivity index (χ2v) is 7.42. The summed E-state index contributed by atoms with van der Waals surface area (Å²) in [6, 6.07) is 9.81. The van der Waals surface area contributed by atoms with Gasteiger partial charge in [0.05, 0.1) is 0 Å². The summed E-state index contributed by atoms with van der Waals surface area (Å²) in [6.45, 7) is 5.64. The molecule has 2 aliphatic rings. The molecular weight excluding hydrogens is 344 g/mol. The Bertz CT molecular complexity index is 611. The highest BCUT2D eigenvalue weighted by Gasteiger charge is 2.35. The number of carbonyl (C=O) groups is 2. The molecule has 7 nitrogen and oxygen atoms in total. The number of carboxylic acid groups (broad SMARTS) is 1. The van der Waals surface area contributed by atoms with Crippen molar-refractivity contribution in [2.45, 2.75) is 25.3 Å². The first-order chi connectivity index (χ1) is 13.1. The van der Waals surface area contributed by atoms with Crippen LogP contribution in [0.1, 0.15) is 18.4 Å². The Kier molecular flexibility index (Phi) is 7.06. The highest BCUT2D eigenvalue weighted by Crippen LogP contribution is 2.23. The van der Waals surface area contributed by atoms with Gasteiger partial charge in [-0.1, -0.05) is 30.3 Å². The fourth-order valence-corrected chi connectivity index (χ4v) is 4.04. The van der Waals surface area contributed by atoms with Gasteiger partial charge in [0, 0.05) is 32.7 Å². The summed E-state index contributed by atoms with van der Waals surface area (Å²) in [5.41, 5.74) is 1.33. The van der Waals surface area contributed by atoms with Crippen LogP contribution in [0.15, 0.2) is 30.3 Å². The molecule has 2 saturated heterocycles. The second kappa shape index (κ2) is 9.71. The monoisotopic (exact) mass is 374 g/mol. The van der Waals surface area contributed by atoms with E-state index in [1.807, 2.05) is 6.07 Å². The van der Waals surface area contributed by atoms with Crippen LogP contribution in [0.25, 0.3) is 0 Å². The van der Waals surface area contributed by atoms with Crippen LogP contribution < -0.4 is 10.6 Å². The lowest BCUT2D eigenvalue weighted by atomic mass is 9.88. The van der Waals surface area contributed by atoms with Crippen molar-refractivity contribution in [2.75, 3.05) is 45.8 Å². The normalized spacial score (nSPS) is 20.2. The zero-order valence-corrected chi connectivity index (χ0v) is 15.8. The lowest BCUT2D eigenvalue weighted by molar-refractivity contribution is -0.135. The fourth-order valence-electron chi connectivity index (χ4n) is 4.04. The van der Waals surface area contributed by atoms with E-state index in [1.165, 1.54) is 5.56 Å². The highest BCUT2D eigenvalue weighted by atomic mass is 16.4. The lowest BCUT2D eigenvalue weighted by Crippen LogP contribution is -2.57. The number of hydrogen-bond donors (Lipinski definition) is 3. The summed E-state index contributed by atoms with van der Waals surface area (Å²) in [6.07, 6.45) is 1.59. The van der Waals surface area contributed by atoms with E-state index in [1.54, 1.807) is 4.90 Å². The molecule has 0 saturated carbocycles. The third-order valence-corrected chi connectivity index (χ3v) is 5.64. The van der Waals surface area contributed by atoms with Crippen molar-refractivity contribution in [3.63, 3.8) is 0 Å². The second-order valence-electron chi connectivity index (χ2n) is 7.42. The van der Waals surface area contributed by atoms with Gasteiger partial charge in [0.25, 0.3) is 0 Å². The van der Waals surface area contributed by atoms with Gasteiger partial charge < -0.3 is 25.5 Å². The molecule has 0 aliphatic carbocycles. The maximum absolute atomic E-state index is 12.9. The topological polar surface area (TPSA) is 84.9 Å². The predicted molar refractivity (Wildman–Crippen MR) is 104 cm³/mol. The maximum atomic E-state index is 12.9. The number of likely N-dealkylation sites (tertiary alicyclic amines) is 1. The zero-order valence-electron chi connectivity index (χ0n) is 15.8. The minimum Gasteiger partial charge on any atom is -0.465 e. The molecule has 1 unspecified atom stereocenters. The average molecular weight is 374 g/mol. The Hall–Kier alpha value is -2.12. The van der Waals surface area contributed by atoms with Gasteiger partial charge in [0.1, 0.15) is 6.04 Å². The number of piperazine rings is 1. The standard InChI is InChI=1S/C20H30N4O3/c25-19(24-14-9-21-10-15-24)18(22-20(26)27)17-7-12-23(13-8-17)11-6-16-4-2-1-3-5-16/h1-5,17-18,21-22H,6-15H2,(H,26,27). The van der Waals surface area contributed by atoms with Gasteiger partial charge in [-0.2, -0.15) is 0 Å². The van der Waals surface area contributed by atoms with E-state index in [-0.39, 0.29) is 11.8 Å². The van der Waals surface area contributed by atoms with E-state index in [9.17, 15) is 14.7 Å². The molecule has 1 aromatic carbocycles. The Labute approximate surface area is 160 Å². The van der Waals surface area contributed by atoms with Crippen LogP contribution in [0.5, 0.6) is 0 Å². The van der Waals surface area contributed by atoms with Crippen LogP contribution in [0.4, 0.5) is 4.79 Å². The predicted octanol–water partition coefficient (Wildman–Crippen LogP) is 1.01. The molecular formula is C20H30N4O3. The molecule has 2 heterocycles. The smallest absolute Gasteiger partial charge is 0.405 e. The van der Waals surface area contributed by atoms with Crippen molar-refractivity contribution >= 4 is 12.0 Å². The summed E-state index contributed by atoms with van der Waals surface area (Å²) >= 11 is 0. The van der Waals surface area contributed by atoms with E-state index in [0.717, 1.165) is 52.0 Å². The van der Waals surface area contributed by atoms with Crippen molar-refractivity contribution in [3.05, 3.63) is 35.9 Å². The van der Waals surface area contributed by atoms with Crippen molar-refractivity contribution in [1.82, 2.24) is 20.4 Å². The summed E-state index contributed by atoms with van der Waals surface area (Å²) < 4.78 is 0. The molecule has 7 heteroatoms. The van der Waals surface area contributed by atoms with Crippen LogP contribution in [-0.4, -0.2) is 78.8 Å². The number of nitrogens with one attached hydrogen (secondary N) is 2. The van der Waals surface area contributed by atoms with Crippen molar-refractivity contribution in [3.8, 4) is 0 Å². The highest BCUT2D eigenvalue weighted by molar-refractivity contribution is 5.85. The summed E-state index contributed by atoms with van der Waals surface area (Å²) in [4.78, 5) is 28.3. The third kappa shape index (κ3) is 5.68. The van der Waals surface area contributed by atoms with Crippen molar-refractivity contribution < 1.29 is 14.7 Å². The van der Waals surface area contributed by atoms with E-state index in [4.69, 9.17) is 0 Å². The molecule has 3 rings (SSSR count). The van der Waals surface area contributed by atoms with Gasteiger partial charge in [-0.15, -0.1) is 0 Å². The summed E-state index contributed by atoms with van der Waals surface area (Å²) in [7, 11) is 0. The molecule has 0 aromatic heterocycles. The molecule has 0 bridgehead atoms. The van der Waals surface area contributed by atoms with E-state index < -0.39 is 12.1 Å². The Morgan fingerprint density at radius 1 is 1.11 bits per heavy atom. The molecule has 3 N–H and O–H groups in total. The molecule has 27 heavy (non-hydrogen) atoms. The van der Waals surface area contributed by atoms with E-state index >= 15 is 0 Å². The molecule has 2 fully saturated rings. The first-order valence-electron chi connectivity index (χ1n) is 9.89. The van der Waals surface area contributed by atoms with Gasteiger partial charge in [0.15, 0.2) is 0 Å². The van der Waals surface area contributed by atoms with Crippen LogP contribution in [0, 0.1) is 5.92 Å².